The van der Waals surface area contributed by atoms with E-state index in [0.29, 0.717) is 16.9 Å². The number of carbonyl (C=O) groups excluding carboxylic acids is 2. The second-order valence-corrected chi connectivity index (χ2v) is 10.4. The maximum absolute atomic E-state index is 13.1. The van der Waals surface area contributed by atoms with Crippen LogP contribution >= 0.6 is 23.1 Å². The van der Waals surface area contributed by atoms with E-state index in [1.165, 1.54) is 22.0 Å². The molecule has 0 aromatic carbocycles. The van der Waals surface area contributed by atoms with Gasteiger partial charge >= 0.3 is 5.97 Å². The van der Waals surface area contributed by atoms with Crippen LogP contribution < -0.4 is 15.6 Å². The topological polar surface area (TPSA) is 200 Å². The molecule has 3 aromatic heterocycles. The summed E-state index contributed by atoms with van der Waals surface area (Å²) in [5.41, 5.74) is 7.22. The van der Waals surface area contributed by atoms with E-state index in [2.05, 4.69) is 21.5 Å². The van der Waals surface area contributed by atoms with Gasteiger partial charge in [-0.3, -0.25) is 14.5 Å². The van der Waals surface area contributed by atoms with Crippen molar-refractivity contribution < 1.29 is 34.0 Å². The predicted octanol–water partition coefficient (Wildman–Crippen LogP) is -0.711. The van der Waals surface area contributed by atoms with Crippen molar-refractivity contribution in [2.45, 2.75) is 18.0 Å². The molecule has 2 aliphatic rings. The molecular weight excluding hydrogens is 548 g/mol. The van der Waals surface area contributed by atoms with Gasteiger partial charge in [0.25, 0.3) is 17.5 Å². The smallest absolute Gasteiger partial charge is 0.352 e. The monoisotopic (exact) mass is 569 g/mol. The van der Waals surface area contributed by atoms with Crippen LogP contribution in [0.1, 0.15) is 11.3 Å². The highest BCUT2D eigenvalue weighted by Gasteiger charge is 2.54. The van der Waals surface area contributed by atoms with Gasteiger partial charge in [-0.15, -0.1) is 23.1 Å². The number of amides is 2. The molecule has 2 atom stereocenters. The van der Waals surface area contributed by atoms with Gasteiger partial charge in [-0.05, 0) is 6.07 Å². The first kappa shape index (κ1) is 26.2. The van der Waals surface area contributed by atoms with E-state index in [-0.39, 0.29) is 42.0 Å². The minimum absolute atomic E-state index is 0.123. The lowest BCUT2D eigenvalue weighted by Crippen LogP contribution is -2.71. The molecule has 16 heteroatoms. The standard InChI is InChI=1S/C23H20N8O6S2/c24-7-12-1-2-15-29(8-12)3-4-30(15)9-13-10-38-21-17(20(34)31(21)18(13)22(35)36)27-19(33)16(28-37-6-5-32)14-11-39-23(25)26-14/h1-4,8,11,17,21,32H,5-6,9-10H2,(H3-,25,26,27,33,35,36)/p+1/b28-16-/t17-,21-/m1/s1. The zero-order valence-electron chi connectivity index (χ0n) is 20.1. The number of nitrogen functional groups attached to an aromatic ring is 1. The number of oxime groups is 1. The first-order valence-electron chi connectivity index (χ1n) is 11.5. The number of carbonyl (C=O) groups is 3. The summed E-state index contributed by atoms with van der Waals surface area (Å²) in [5, 5.41) is 35.5. The molecule has 14 nitrogen and oxygen atoms in total. The van der Waals surface area contributed by atoms with Gasteiger partial charge in [0.1, 0.15) is 60.6 Å². The summed E-state index contributed by atoms with van der Waals surface area (Å²) in [6.45, 7) is -0.262. The molecule has 0 radical (unpaired) electrons. The largest absolute Gasteiger partial charge is 0.477 e. The third-order valence-electron chi connectivity index (χ3n) is 6.00. The summed E-state index contributed by atoms with van der Waals surface area (Å²) < 4.78 is 3.59. The van der Waals surface area contributed by atoms with E-state index in [1.54, 1.807) is 35.1 Å². The number of thioether (sulfide) groups is 1. The molecule has 5 N–H and O–H groups in total. The number of β-lactam (4-membered cyclic amide) rings is 1. The first-order valence-corrected chi connectivity index (χ1v) is 13.4. The Bertz CT molecular complexity index is 1590. The molecule has 3 aromatic rings. The number of nitrogens with one attached hydrogen (secondary N) is 1. The fraction of sp³-hybridized carbons (Fsp3) is 0.261. The number of hydrogen-bond acceptors (Lipinski definition) is 11. The zero-order chi connectivity index (χ0) is 27.7. The number of pyridine rings is 1. The highest BCUT2D eigenvalue weighted by atomic mass is 32.2. The lowest BCUT2D eigenvalue weighted by Gasteiger charge is -2.49. The average Bonchev–Trinajstić information content (AvgIpc) is 3.54. The number of hydrogen-bond donors (Lipinski definition) is 4. The van der Waals surface area contributed by atoms with Crippen LogP contribution in [0.25, 0.3) is 5.65 Å². The molecule has 5 rings (SSSR count). The van der Waals surface area contributed by atoms with Crippen LogP contribution in [0.5, 0.6) is 0 Å². The molecule has 5 heterocycles. The summed E-state index contributed by atoms with van der Waals surface area (Å²) in [4.78, 5) is 48.6. The highest BCUT2D eigenvalue weighted by Crippen LogP contribution is 2.40. The van der Waals surface area contributed by atoms with Crippen LogP contribution in [0, 0.1) is 11.3 Å². The Labute approximate surface area is 228 Å². The maximum Gasteiger partial charge on any atom is 0.352 e. The highest BCUT2D eigenvalue weighted by molar-refractivity contribution is 8.00. The number of aliphatic carboxylic acids is 1. The van der Waals surface area contributed by atoms with Crippen LogP contribution in [0.15, 0.2) is 52.5 Å². The van der Waals surface area contributed by atoms with Crippen molar-refractivity contribution in [3.63, 3.8) is 0 Å². The second-order valence-electron chi connectivity index (χ2n) is 8.41. The lowest BCUT2D eigenvalue weighted by atomic mass is 10.0. The first-order chi connectivity index (χ1) is 18.8. The van der Waals surface area contributed by atoms with Gasteiger partial charge < -0.3 is 26.1 Å². The summed E-state index contributed by atoms with van der Waals surface area (Å²) in [6, 6.07) is 4.51. The van der Waals surface area contributed by atoms with Gasteiger partial charge in [-0.1, -0.05) is 5.16 Å². The van der Waals surface area contributed by atoms with Crippen LogP contribution in [0.4, 0.5) is 5.13 Å². The zero-order valence-corrected chi connectivity index (χ0v) is 21.7. The SMILES string of the molecule is N#Cc1ccc2n(cc[n+]2CC2=C(C(=O)O)N3C(=O)[C@@H](NC(=O)/C(=N\OCCO)c4csc(N)n4)[C@H]3SC2)c1. The van der Waals surface area contributed by atoms with Crippen molar-refractivity contribution in [2.24, 2.45) is 5.16 Å². The molecule has 0 aliphatic carbocycles. The number of fused-ring (bicyclic) bond motifs is 2. The molecule has 2 aliphatic heterocycles. The Morgan fingerprint density at radius 2 is 2.23 bits per heavy atom. The van der Waals surface area contributed by atoms with E-state index in [0.717, 1.165) is 17.0 Å². The molecule has 200 valence electrons. The van der Waals surface area contributed by atoms with E-state index < -0.39 is 29.2 Å². The third-order valence-corrected chi connectivity index (χ3v) is 8.01. The third kappa shape index (κ3) is 4.90. The normalized spacial score (nSPS) is 18.9. The number of nitrogens with zero attached hydrogens (tertiary/aromatic N) is 6. The number of carboxylic acids is 1. The number of thiazole rings is 1. The summed E-state index contributed by atoms with van der Waals surface area (Å²) in [5.74, 6) is -2.26. The van der Waals surface area contributed by atoms with Crippen LogP contribution in [0.2, 0.25) is 0 Å². The van der Waals surface area contributed by atoms with Crippen molar-refractivity contribution in [2.75, 3.05) is 24.7 Å². The van der Waals surface area contributed by atoms with Crippen molar-refractivity contribution in [3.05, 3.63) is 58.6 Å². The molecule has 1 fully saturated rings. The number of aromatic nitrogens is 3. The fourth-order valence-corrected chi connectivity index (χ4v) is 6.16. The second kappa shape index (κ2) is 10.7. The molecule has 0 spiro atoms. The predicted molar refractivity (Wildman–Crippen MR) is 138 cm³/mol. The minimum atomic E-state index is -1.25. The number of rotatable bonds is 9. The Morgan fingerprint density at radius 1 is 1.41 bits per heavy atom. The van der Waals surface area contributed by atoms with Crippen molar-refractivity contribution >= 4 is 57.4 Å². The summed E-state index contributed by atoms with van der Waals surface area (Å²) in [7, 11) is 0. The molecule has 0 unspecified atom stereocenters. The Morgan fingerprint density at radius 3 is 2.92 bits per heavy atom. The molecule has 2 amide bonds. The van der Waals surface area contributed by atoms with E-state index >= 15 is 0 Å². The number of aliphatic hydroxyl groups excluding tert-OH is 1. The van der Waals surface area contributed by atoms with Crippen molar-refractivity contribution in [3.8, 4) is 6.07 Å². The Hall–Kier alpha value is -4.46. The number of carboxylic acid groups (broad SMARTS) is 1. The van der Waals surface area contributed by atoms with Gasteiger partial charge in [0, 0.05) is 22.8 Å². The molecular formula is C23H21N8O6S2+. The molecule has 0 bridgehead atoms. The lowest BCUT2D eigenvalue weighted by molar-refractivity contribution is -0.662. The van der Waals surface area contributed by atoms with Crippen molar-refractivity contribution in [1.29, 1.82) is 5.26 Å². The quantitative estimate of drug-likeness (QED) is 0.0839. The van der Waals surface area contributed by atoms with Gasteiger partial charge in [-0.2, -0.15) is 5.26 Å². The average molecular weight is 570 g/mol. The molecule has 0 saturated carbocycles. The Balaban J connectivity index is 1.36. The number of imidazole rings is 1. The van der Waals surface area contributed by atoms with E-state index in [9.17, 15) is 19.5 Å². The Kier molecular flexibility index (Phi) is 7.19. The number of anilines is 1. The number of nitrogens with two attached hydrogens (primary N) is 1. The fourth-order valence-electron chi connectivity index (χ4n) is 4.27. The van der Waals surface area contributed by atoms with Gasteiger partial charge in [0.05, 0.1) is 12.2 Å². The number of aliphatic hydroxyl groups is 1. The van der Waals surface area contributed by atoms with E-state index in [1.807, 2.05) is 4.57 Å². The number of nitriles is 1. The van der Waals surface area contributed by atoms with Crippen LogP contribution in [-0.2, 0) is 25.8 Å². The molecule has 1 saturated heterocycles. The van der Waals surface area contributed by atoms with E-state index in [4.69, 9.17) is 20.9 Å². The summed E-state index contributed by atoms with van der Waals surface area (Å²) >= 11 is 2.42. The van der Waals surface area contributed by atoms with Gasteiger partial charge in [0.2, 0.25) is 0 Å². The maximum atomic E-state index is 13.1. The van der Waals surface area contributed by atoms with Crippen molar-refractivity contribution in [1.82, 2.24) is 19.6 Å². The van der Waals surface area contributed by atoms with Crippen LogP contribution in [-0.4, -0.2) is 78.4 Å². The minimum Gasteiger partial charge on any atom is -0.477 e. The summed E-state index contributed by atoms with van der Waals surface area (Å²) in [6.07, 6.45) is 5.20. The van der Waals surface area contributed by atoms with Crippen LogP contribution in [0.3, 0.4) is 0 Å². The van der Waals surface area contributed by atoms with Gasteiger partial charge in [-0.25, -0.2) is 18.7 Å². The van der Waals surface area contributed by atoms with Gasteiger partial charge in [0.15, 0.2) is 10.8 Å². The molecule has 39 heavy (non-hydrogen) atoms.